The third-order valence-corrected chi connectivity index (χ3v) is 7.01. The zero-order chi connectivity index (χ0) is 25.4. The minimum absolute atomic E-state index is 0.0530. The van der Waals surface area contributed by atoms with Gasteiger partial charge in [-0.3, -0.25) is 19.7 Å². The Balaban J connectivity index is 1.39. The number of non-ortho nitro benzene ring substituents is 1. The number of rotatable bonds is 8. The van der Waals surface area contributed by atoms with Crippen LogP contribution in [0, 0.1) is 16.0 Å². The van der Waals surface area contributed by atoms with Crippen LogP contribution in [0.1, 0.15) is 19.8 Å². The predicted octanol–water partition coefficient (Wildman–Crippen LogP) is 3.57. The van der Waals surface area contributed by atoms with E-state index in [0.29, 0.717) is 41.7 Å². The van der Waals surface area contributed by atoms with Crippen LogP contribution in [0.25, 0.3) is 22.2 Å². The van der Waals surface area contributed by atoms with Gasteiger partial charge >= 0.3 is 0 Å². The van der Waals surface area contributed by atoms with E-state index in [-0.39, 0.29) is 29.4 Å². The lowest BCUT2D eigenvalue weighted by Crippen LogP contribution is -2.50. The highest BCUT2D eigenvalue weighted by atomic mass is 16.6. The monoisotopic (exact) mass is 486 g/mol. The second kappa shape index (κ2) is 9.16. The maximum absolute atomic E-state index is 12.9. The average molecular weight is 487 g/mol. The van der Waals surface area contributed by atoms with Crippen LogP contribution in [0.5, 0.6) is 5.75 Å². The van der Waals surface area contributed by atoms with Gasteiger partial charge in [-0.05, 0) is 19.4 Å². The number of ether oxygens (including phenoxy) is 1. The van der Waals surface area contributed by atoms with Gasteiger partial charge in [-0.25, -0.2) is 4.98 Å². The number of benzene rings is 2. The summed E-state index contributed by atoms with van der Waals surface area (Å²) in [5.41, 5.74) is 1.23. The number of carbonyl (C=O) groups is 2. The van der Waals surface area contributed by atoms with Crippen molar-refractivity contribution in [2.75, 3.05) is 6.54 Å². The van der Waals surface area contributed by atoms with Gasteiger partial charge in [-0.2, -0.15) is 0 Å². The fourth-order valence-corrected chi connectivity index (χ4v) is 4.84. The van der Waals surface area contributed by atoms with E-state index >= 15 is 0 Å². The fourth-order valence-electron chi connectivity index (χ4n) is 4.84. The SMILES string of the molecule is C=CC1C[C@]1(NC(=O)[C@@H]1CC(Oc2cc(-c3ccccc3)nc3ccc([N+](=O)[O-])cc23)CN1)C(C)=O. The topological polar surface area (TPSA) is 123 Å². The van der Waals surface area contributed by atoms with Crippen LogP contribution in [-0.4, -0.2) is 45.8 Å². The molecule has 4 atom stereocenters. The molecule has 1 aromatic heterocycles. The van der Waals surface area contributed by atoms with E-state index in [1.54, 1.807) is 18.2 Å². The number of hydrogen-bond donors (Lipinski definition) is 2. The molecule has 2 unspecified atom stereocenters. The lowest BCUT2D eigenvalue weighted by molar-refractivity contribution is -0.384. The van der Waals surface area contributed by atoms with Crippen molar-refractivity contribution in [3.05, 3.63) is 77.4 Å². The highest BCUT2D eigenvalue weighted by Crippen LogP contribution is 2.45. The second-order valence-corrected chi connectivity index (χ2v) is 9.33. The van der Waals surface area contributed by atoms with Gasteiger partial charge < -0.3 is 15.4 Å². The van der Waals surface area contributed by atoms with E-state index < -0.39 is 16.5 Å². The first kappa shape index (κ1) is 23.6. The van der Waals surface area contributed by atoms with Crippen LogP contribution in [0.15, 0.2) is 67.3 Å². The van der Waals surface area contributed by atoms with Gasteiger partial charge in [0.05, 0.1) is 22.2 Å². The standard InChI is InChI=1S/C27H26N4O5/c1-3-18-14-27(18,16(2)32)30-26(33)24-12-20(15-28-24)36-25-13-23(17-7-5-4-6-8-17)29-22-10-9-19(31(34)35)11-21(22)25/h3-11,13,18,20,24,28H,1,12,14-15H2,2H3,(H,30,33)/t18?,20?,24-,27-/m0/s1. The number of nitrogens with one attached hydrogen (secondary N) is 2. The smallest absolute Gasteiger partial charge is 0.270 e. The summed E-state index contributed by atoms with van der Waals surface area (Å²) in [6.07, 6.45) is 2.30. The Hall–Kier alpha value is -4.11. The highest BCUT2D eigenvalue weighted by Gasteiger charge is 2.58. The molecule has 1 saturated carbocycles. The third-order valence-electron chi connectivity index (χ3n) is 7.01. The maximum atomic E-state index is 12.9. The molecule has 184 valence electrons. The quantitative estimate of drug-likeness (QED) is 0.283. The predicted molar refractivity (Wildman–Crippen MR) is 135 cm³/mol. The molecule has 0 radical (unpaired) electrons. The van der Waals surface area contributed by atoms with Crippen molar-refractivity contribution in [3.63, 3.8) is 0 Å². The summed E-state index contributed by atoms with van der Waals surface area (Å²) in [6, 6.07) is 15.3. The fraction of sp³-hybridized carbons (Fsp3) is 0.296. The van der Waals surface area contributed by atoms with Gasteiger partial charge in [0.25, 0.3) is 5.69 Å². The Morgan fingerprint density at radius 3 is 2.69 bits per heavy atom. The summed E-state index contributed by atoms with van der Waals surface area (Å²) in [6.45, 7) is 5.64. The van der Waals surface area contributed by atoms with Crippen molar-refractivity contribution in [2.45, 2.75) is 37.5 Å². The third kappa shape index (κ3) is 4.33. The number of aromatic nitrogens is 1. The number of carbonyl (C=O) groups excluding carboxylic acids is 2. The normalized spacial score (nSPS) is 24.8. The molecule has 2 aliphatic rings. The molecule has 2 fully saturated rings. The molecule has 36 heavy (non-hydrogen) atoms. The van der Waals surface area contributed by atoms with Crippen LogP contribution in [0.3, 0.4) is 0 Å². The lowest BCUT2D eigenvalue weighted by Gasteiger charge is -2.19. The van der Waals surface area contributed by atoms with E-state index in [4.69, 9.17) is 4.74 Å². The van der Waals surface area contributed by atoms with E-state index in [9.17, 15) is 19.7 Å². The molecule has 1 saturated heterocycles. The van der Waals surface area contributed by atoms with Crippen molar-refractivity contribution in [2.24, 2.45) is 5.92 Å². The van der Waals surface area contributed by atoms with E-state index in [0.717, 1.165) is 5.56 Å². The van der Waals surface area contributed by atoms with Crippen molar-refractivity contribution in [3.8, 4) is 17.0 Å². The van der Waals surface area contributed by atoms with Crippen LogP contribution in [-0.2, 0) is 9.59 Å². The van der Waals surface area contributed by atoms with E-state index in [1.807, 2.05) is 30.3 Å². The zero-order valence-electron chi connectivity index (χ0n) is 19.8. The van der Waals surface area contributed by atoms with Gasteiger partial charge in [0.2, 0.25) is 5.91 Å². The van der Waals surface area contributed by atoms with Gasteiger partial charge in [0, 0.05) is 48.0 Å². The summed E-state index contributed by atoms with van der Waals surface area (Å²) in [5, 5.41) is 18.0. The molecule has 3 aromatic rings. The number of pyridine rings is 1. The van der Waals surface area contributed by atoms with Gasteiger partial charge in [-0.15, -0.1) is 6.58 Å². The van der Waals surface area contributed by atoms with Gasteiger partial charge in [0.15, 0.2) is 5.78 Å². The number of nitrogens with zero attached hydrogens (tertiary/aromatic N) is 2. The Morgan fingerprint density at radius 1 is 1.25 bits per heavy atom. The molecule has 9 heteroatoms. The summed E-state index contributed by atoms with van der Waals surface area (Å²) in [5.74, 6) is 0.0815. The van der Waals surface area contributed by atoms with Crippen molar-refractivity contribution in [1.29, 1.82) is 0 Å². The molecule has 1 aliphatic carbocycles. The number of amides is 1. The molecular formula is C27H26N4O5. The molecule has 2 heterocycles. The summed E-state index contributed by atoms with van der Waals surface area (Å²) in [4.78, 5) is 40.7. The van der Waals surface area contributed by atoms with Crippen LogP contribution < -0.4 is 15.4 Å². The maximum Gasteiger partial charge on any atom is 0.270 e. The van der Waals surface area contributed by atoms with Crippen molar-refractivity contribution < 1.29 is 19.2 Å². The second-order valence-electron chi connectivity index (χ2n) is 9.33. The number of fused-ring (bicyclic) bond motifs is 1. The molecular weight excluding hydrogens is 460 g/mol. The summed E-state index contributed by atoms with van der Waals surface area (Å²) < 4.78 is 6.31. The van der Waals surface area contributed by atoms with E-state index in [1.165, 1.54) is 19.1 Å². The largest absolute Gasteiger partial charge is 0.488 e. The van der Waals surface area contributed by atoms with Crippen LogP contribution in [0.4, 0.5) is 5.69 Å². The molecule has 2 N–H and O–H groups in total. The summed E-state index contributed by atoms with van der Waals surface area (Å²) in [7, 11) is 0. The van der Waals surface area contributed by atoms with E-state index in [2.05, 4.69) is 22.2 Å². The number of hydrogen-bond acceptors (Lipinski definition) is 7. The van der Waals surface area contributed by atoms with Gasteiger partial charge in [0.1, 0.15) is 17.4 Å². The Morgan fingerprint density at radius 2 is 2.03 bits per heavy atom. The molecule has 1 amide bonds. The Bertz CT molecular complexity index is 1380. The minimum Gasteiger partial charge on any atom is -0.488 e. The summed E-state index contributed by atoms with van der Waals surface area (Å²) >= 11 is 0. The molecule has 0 bridgehead atoms. The van der Waals surface area contributed by atoms with Crippen molar-refractivity contribution in [1.82, 2.24) is 15.6 Å². The lowest BCUT2D eigenvalue weighted by atomic mass is 10.1. The van der Waals surface area contributed by atoms with Crippen molar-refractivity contribution >= 4 is 28.3 Å². The molecule has 2 aromatic carbocycles. The average Bonchev–Trinajstić information content (AvgIpc) is 3.40. The first-order chi connectivity index (χ1) is 17.3. The van der Waals surface area contributed by atoms with Gasteiger partial charge in [-0.1, -0.05) is 36.4 Å². The first-order valence-corrected chi connectivity index (χ1v) is 11.8. The first-order valence-electron chi connectivity index (χ1n) is 11.8. The van der Waals surface area contributed by atoms with Crippen LogP contribution in [0.2, 0.25) is 0 Å². The number of nitro groups is 1. The molecule has 0 spiro atoms. The molecule has 5 rings (SSSR count). The molecule has 1 aliphatic heterocycles. The number of nitro benzene ring substituents is 1. The number of Topliss-reactive ketones (excluding diaryl/α,β-unsaturated/α-hetero) is 1. The Kier molecular flexibility index (Phi) is 6.01. The molecule has 9 nitrogen and oxygen atoms in total. The number of ketones is 1. The highest BCUT2D eigenvalue weighted by molar-refractivity contribution is 5.96. The Labute approximate surface area is 207 Å². The zero-order valence-corrected chi connectivity index (χ0v) is 19.8. The minimum atomic E-state index is -0.857. The van der Waals surface area contributed by atoms with Crippen LogP contribution >= 0.6 is 0 Å².